The van der Waals surface area contributed by atoms with Crippen molar-refractivity contribution in [2.24, 2.45) is 5.73 Å². The average molecular weight is 387 g/mol. The fourth-order valence-electron chi connectivity index (χ4n) is 3.08. The monoisotopic (exact) mass is 387 g/mol. The van der Waals surface area contributed by atoms with Crippen LogP contribution in [0.25, 0.3) is 0 Å². The number of ether oxygens (including phenoxy) is 1. The zero-order chi connectivity index (χ0) is 19.9. The van der Waals surface area contributed by atoms with Crippen molar-refractivity contribution in [1.29, 1.82) is 0 Å². The zero-order valence-corrected chi connectivity index (χ0v) is 14.9. The Bertz CT molecular complexity index is 635. The number of rotatable bonds is 7. The van der Waals surface area contributed by atoms with Crippen LogP contribution >= 0.6 is 0 Å². The molecule has 1 heterocycles. The van der Waals surface area contributed by atoms with Crippen LogP contribution in [0.5, 0.6) is 5.75 Å². The molecule has 0 aliphatic carbocycles. The van der Waals surface area contributed by atoms with Gasteiger partial charge in [0.05, 0.1) is 6.42 Å². The molecule has 3 N–H and O–H groups in total. The van der Waals surface area contributed by atoms with E-state index >= 15 is 0 Å². The molecule has 1 saturated heterocycles. The lowest BCUT2D eigenvalue weighted by Gasteiger charge is -2.36. The third kappa shape index (κ3) is 7.09. The first kappa shape index (κ1) is 21.0. The lowest BCUT2D eigenvalue weighted by molar-refractivity contribution is -0.274. The summed E-state index contributed by atoms with van der Waals surface area (Å²) in [5, 5.41) is 2.80. The van der Waals surface area contributed by atoms with E-state index in [2.05, 4.69) is 10.1 Å². The molecule has 1 aromatic carbocycles. The summed E-state index contributed by atoms with van der Waals surface area (Å²) in [6, 6.07) is 5.19. The summed E-state index contributed by atoms with van der Waals surface area (Å²) in [5.41, 5.74) is 5.95. The molecule has 0 aromatic heterocycles. The molecule has 2 rings (SSSR count). The molecule has 0 spiro atoms. The smallest absolute Gasteiger partial charge is 0.406 e. The van der Waals surface area contributed by atoms with Crippen molar-refractivity contribution in [1.82, 2.24) is 10.2 Å². The van der Waals surface area contributed by atoms with Crippen LogP contribution in [0.3, 0.4) is 0 Å². The van der Waals surface area contributed by atoms with E-state index in [1.807, 2.05) is 0 Å². The van der Waals surface area contributed by atoms with Gasteiger partial charge in [0.1, 0.15) is 5.75 Å². The maximum atomic E-state index is 12.6. The number of carbonyl (C=O) groups is 2. The number of piperidine rings is 1. The van der Waals surface area contributed by atoms with Crippen molar-refractivity contribution in [3.8, 4) is 5.75 Å². The summed E-state index contributed by atoms with van der Waals surface area (Å²) in [6.45, 7) is 1.25. The van der Waals surface area contributed by atoms with E-state index in [1.54, 1.807) is 4.90 Å². The van der Waals surface area contributed by atoms with E-state index < -0.39 is 6.36 Å². The number of amides is 2. The highest BCUT2D eigenvalue weighted by Crippen LogP contribution is 2.23. The van der Waals surface area contributed by atoms with Crippen molar-refractivity contribution in [2.45, 2.75) is 44.5 Å². The number of nitrogens with zero attached hydrogens (tertiary/aromatic N) is 1. The molecule has 1 aliphatic rings. The quantitative estimate of drug-likeness (QED) is 0.749. The van der Waals surface area contributed by atoms with Crippen LogP contribution in [-0.2, 0) is 16.0 Å². The van der Waals surface area contributed by atoms with Gasteiger partial charge in [-0.25, -0.2) is 0 Å². The number of alkyl halides is 3. The summed E-state index contributed by atoms with van der Waals surface area (Å²) in [4.78, 5) is 26.0. The number of hydrogen-bond acceptors (Lipinski definition) is 4. The molecule has 1 aromatic rings. The Kier molecular flexibility index (Phi) is 7.46. The molecule has 0 saturated carbocycles. The van der Waals surface area contributed by atoms with Crippen LogP contribution < -0.4 is 15.8 Å². The van der Waals surface area contributed by atoms with Gasteiger partial charge in [0.2, 0.25) is 11.8 Å². The van der Waals surface area contributed by atoms with Gasteiger partial charge in [-0.1, -0.05) is 12.1 Å². The van der Waals surface area contributed by atoms with Gasteiger partial charge in [-0.3, -0.25) is 9.59 Å². The van der Waals surface area contributed by atoms with Gasteiger partial charge in [0.15, 0.2) is 0 Å². The molecule has 1 atom stereocenters. The van der Waals surface area contributed by atoms with E-state index in [1.165, 1.54) is 24.3 Å². The van der Waals surface area contributed by atoms with Gasteiger partial charge in [0.25, 0.3) is 0 Å². The topological polar surface area (TPSA) is 84.7 Å². The number of likely N-dealkylation sites (tertiary alicyclic amines) is 1. The second-order valence-corrected chi connectivity index (χ2v) is 6.45. The van der Waals surface area contributed by atoms with Crippen molar-refractivity contribution in [3.63, 3.8) is 0 Å². The lowest BCUT2D eigenvalue weighted by atomic mass is 10.0. The second-order valence-electron chi connectivity index (χ2n) is 6.45. The summed E-state index contributed by atoms with van der Waals surface area (Å²) >= 11 is 0. The third-order valence-electron chi connectivity index (χ3n) is 4.37. The number of hydrogen-bond donors (Lipinski definition) is 2. The minimum absolute atomic E-state index is 0.0826. The Morgan fingerprint density at radius 2 is 1.93 bits per heavy atom. The fourth-order valence-corrected chi connectivity index (χ4v) is 3.08. The highest BCUT2D eigenvalue weighted by Gasteiger charge is 2.31. The van der Waals surface area contributed by atoms with Gasteiger partial charge >= 0.3 is 6.36 Å². The van der Waals surface area contributed by atoms with E-state index in [4.69, 9.17) is 5.73 Å². The normalized spacial score (nSPS) is 17.5. The van der Waals surface area contributed by atoms with Crippen molar-refractivity contribution in [3.05, 3.63) is 29.8 Å². The molecule has 1 fully saturated rings. The molecule has 2 amide bonds. The summed E-state index contributed by atoms with van der Waals surface area (Å²) in [7, 11) is 0. The maximum Gasteiger partial charge on any atom is 0.573 e. The number of carbonyl (C=O) groups excluding carboxylic acids is 2. The summed E-state index contributed by atoms with van der Waals surface area (Å²) in [5.74, 6) is -0.579. The van der Waals surface area contributed by atoms with Crippen LogP contribution in [-0.4, -0.2) is 48.8 Å². The first-order valence-electron chi connectivity index (χ1n) is 8.89. The molecular formula is C18H24F3N3O3. The maximum absolute atomic E-state index is 12.6. The van der Waals surface area contributed by atoms with Crippen LogP contribution in [0.4, 0.5) is 13.2 Å². The van der Waals surface area contributed by atoms with Crippen LogP contribution in [0.1, 0.15) is 31.2 Å². The molecule has 0 radical (unpaired) electrons. The molecule has 1 unspecified atom stereocenters. The van der Waals surface area contributed by atoms with Gasteiger partial charge in [-0.2, -0.15) is 0 Å². The van der Waals surface area contributed by atoms with Gasteiger partial charge < -0.3 is 20.7 Å². The van der Waals surface area contributed by atoms with Crippen LogP contribution in [0.15, 0.2) is 24.3 Å². The Hall–Kier alpha value is -2.29. The van der Waals surface area contributed by atoms with Crippen molar-refractivity contribution >= 4 is 11.8 Å². The predicted octanol–water partition coefficient (Wildman–Crippen LogP) is 1.97. The molecule has 0 bridgehead atoms. The fraction of sp³-hybridized carbons (Fsp3) is 0.556. The van der Waals surface area contributed by atoms with Crippen molar-refractivity contribution < 1.29 is 27.5 Å². The first-order chi connectivity index (χ1) is 12.8. The molecule has 27 heavy (non-hydrogen) atoms. The Morgan fingerprint density at radius 1 is 1.22 bits per heavy atom. The zero-order valence-electron chi connectivity index (χ0n) is 14.9. The number of nitrogens with two attached hydrogens (primary N) is 1. The first-order valence-corrected chi connectivity index (χ1v) is 8.89. The lowest BCUT2D eigenvalue weighted by Crippen LogP contribution is -2.50. The second kappa shape index (κ2) is 9.59. The van der Waals surface area contributed by atoms with E-state index in [9.17, 15) is 22.8 Å². The minimum atomic E-state index is -4.74. The van der Waals surface area contributed by atoms with E-state index in [0.717, 1.165) is 19.3 Å². The highest BCUT2D eigenvalue weighted by molar-refractivity contribution is 5.79. The molecule has 9 heteroatoms. The SMILES string of the molecule is NCCC(=O)NCC1CCCCN1C(=O)Cc1ccc(OC(F)(F)F)cc1. The number of benzene rings is 1. The van der Waals surface area contributed by atoms with Gasteiger partial charge in [-0.05, 0) is 37.0 Å². The largest absolute Gasteiger partial charge is 0.573 e. The number of halogens is 3. The molecule has 6 nitrogen and oxygen atoms in total. The Labute approximate surface area is 155 Å². The third-order valence-corrected chi connectivity index (χ3v) is 4.37. The Morgan fingerprint density at radius 3 is 2.56 bits per heavy atom. The Balaban J connectivity index is 1.93. The highest BCUT2D eigenvalue weighted by atomic mass is 19.4. The average Bonchev–Trinajstić information content (AvgIpc) is 2.61. The van der Waals surface area contributed by atoms with E-state index in [-0.39, 0.29) is 43.0 Å². The summed E-state index contributed by atoms with van der Waals surface area (Å²) in [6.07, 6.45) is -1.76. The number of nitrogens with one attached hydrogen (secondary N) is 1. The van der Waals surface area contributed by atoms with E-state index in [0.29, 0.717) is 18.7 Å². The predicted molar refractivity (Wildman–Crippen MR) is 92.9 cm³/mol. The standard InChI is InChI=1S/C18H24F3N3O3/c19-18(20,21)27-15-6-4-13(5-7-15)11-17(26)24-10-2-1-3-14(24)12-23-16(25)8-9-22/h4-7,14H,1-3,8-12,22H2,(H,23,25). The van der Waals surface area contributed by atoms with Gasteiger partial charge in [0, 0.05) is 32.1 Å². The summed E-state index contributed by atoms with van der Waals surface area (Å²) < 4.78 is 40.4. The molecule has 150 valence electrons. The van der Waals surface area contributed by atoms with Crippen LogP contribution in [0.2, 0.25) is 0 Å². The van der Waals surface area contributed by atoms with Crippen LogP contribution in [0, 0.1) is 0 Å². The van der Waals surface area contributed by atoms with Gasteiger partial charge in [-0.15, -0.1) is 13.2 Å². The molecular weight excluding hydrogens is 363 g/mol. The minimum Gasteiger partial charge on any atom is -0.406 e. The van der Waals surface area contributed by atoms with Crippen molar-refractivity contribution in [2.75, 3.05) is 19.6 Å². The molecule has 1 aliphatic heterocycles.